The molecule has 0 aromatic heterocycles. The topological polar surface area (TPSA) is 96.2 Å². The molecule has 31 heavy (non-hydrogen) atoms. The first-order valence-corrected chi connectivity index (χ1v) is 9.86. The second-order valence-electron chi connectivity index (χ2n) is 7.34. The van der Waals surface area contributed by atoms with E-state index in [1.54, 1.807) is 7.11 Å². The Kier molecular flexibility index (Phi) is 5.33. The van der Waals surface area contributed by atoms with Gasteiger partial charge in [-0.25, -0.2) is 0 Å². The predicted molar refractivity (Wildman–Crippen MR) is 115 cm³/mol. The van der Waals surface area contributed by atoms with Crippen LogP contribution in [-0.4, -0.2) is 66.9 Å². The highest BCUT2D eigenvalue weighted by Gasteiger charge is 2.40. The first kappa shape index (κ1) is 20.4. The molecule has 1 fully saturated rings. The minimum absolute atomic E-state index is 0.0681. The van der Waals surface area contributed by atoms with Gasteiger partial charge in [0.2, 0.25) is 0 Å². The standard InChI is InChI=1S/C22H22N4O5/c1-23-21(27)19(15-7-9-16(10-8-15)26(29)30)20(22(23)28)25-13-11-24(12-14-25)17-5-3-4-6-18(17)31-2/h3-10H,11-14H2,1-2H3. The summed E-state index contributed by atoms with van der Waals surface area (Å²) in [5.74, 6) is 0.0266. The summed E-state index contributed by atoms with van der Waals surface area (Å²) in [6.07, 6.45) is 0. The van der Waals surface area contributed by atoms with E-state index in [1.165, 1.54) is 31.3 Å². The van der Waals surface area contributed by atoms with Crippen molar-refractivity contribution in [2.75, 3.05) is 45.2 Å². The molecule has 2 aromatic carbocycles. The number of anilines is 1. The number of amides is 2. The molecule has 4 rings (SSSR count). The van der Waals surface area contributed by atoms with Crippen LogP contribution in [-0.2, 0) is 9.59 Å². The summed E-state index contributed by atoms with van der Waals surface area (Å²) in [5, 5.41) is 10.9. The number of methoxy groups -OCH3 is 1. The Hall–Kier alpha value is -3.88. The van der Waals surface area contributed by atoms with Crippen molar-refractivity contribution in [3.05, 3.63) is 69.9 Å². The number of likely N-dealkylation sites (N-methyl/N-ethyl adjacent to an activating group) is 1. The number of non-ortho nitro benzene ring substituents is 1. The Morgan fingerprint density at radius 1 is 0.903 bits per heavy atom. The highest BCUT2D eigenvalue weighted by atomic mass is 16.6. The Morgan fingerprint density at radius 3 is 2.13 bits per heavy atom. The summed E-state index contributed by atoms with van der Waals surface area (Å²) in [5.41, 5.74) is 2.05. The quantitative estimate of drug-likeness (QED) is 0.414. The van der Waals surface area contributed by atoms with Crippen molar-refractivity contribution >= 4 is 28.8 Å². The third-order valence-electron chi connectivity index (χ3n) is 5.65. The molecule has 0 saturated carbocycles. The molecule has 0 N–H and O–H groups in total. The van der Waals surface area contributed by atoms with Crippen LogP contribution in [0.2, 0.25) is 0 Å². The van der Waals surface area contributed by atoms with Gasteiger partial charge in [-0.2, -0.15) is 0 Å². The largest absolute Gasteiger partial charge is 0.495 e. The number of para-hydroxylation sites is 2. The lowest BCUT2D eigenvalue weighted by Gasteiger charge is -2.38. The van der Waals surface area contributed by atoms with Gasteiger partial charge in [0.15, 0.2) is 0 Å². The summed E-state index contributed by atoms with van der Waals surface area (Å²) in [6, 6.07) is 13.5. The van der Waals surface area contributed by atoms with Gasteiger partial charge >= 0.3 is 0 Å². The van der Waals surface area contributed by atoms with Crippen molar-refractivity contribution in [1.82, 2.24) is 9.80 Å². The minimum Gasteiger partial charge on any atom is -0.495 e. The average Bonchev–Trinajstić information content (AvgIpc) is 3.03. The zero-order chi connectivity index (χ0) is 22.1. The lowest BCUT2D eigenvalue weighted by Crippen LogP contribution is -2.47. The molecule has 0 bridgehead atoms. The van der Waals surface area contributed by atoms with E-state index in [0.29, 0.717) is 37.4 Å². The van der Waals surface area contributed by atoms with Crippen molar-refractivity contribution in [3.63, 3.8) is 0 Å². The zero-order valence-corrected chi connectivity index (χ0v) is 17.3. The van der Waals surface area contributed by atoms with E-state index in [-0.39, 0.29) is 17.2 Å². The number of rotatable bonds is 5. The van der Waals surface area contributed by atoms with Crippen LogP contribution in [0.15, 0.2) is 54.2 Å². The molecule has 160 valence electrons. The fraction of sp³-hybridized carbons (Fsp3) is 0.273. The molecule has 0 unspecified atom stereocenters. The Balaban J connectivity index is 1.62. The van der Waals surface area contributed by atoms with Gasteiger partial charge in [-0.3, -0.25) is 24.6 Å². The van der Waals surface area contributed by atoms with Gasteiger partial charge in [-0.05, 0) is 29.8 Å². The molecule has 9 heteroatoms. The van der Waals surface area contributed by atoms with Crippen LogP contribution in [0.3, 0.4) is 0 Å². The predicted octanol–water partition coefficient (Wildman–Crippen LogP) is 2.14. The van der Waals surface area contributed by atoms with Gasteiger partial charge in [-0.1, -0.05) is 12.1 Å². The van der Waals surface area contributed by atoms with Crippen molar-refractivity contribution in [2.45, 2.75) is 0 Å². The molecular formula is C22H22N4O5. The van der Waals surface area contributed by atoms with Crippen LogP contribution in [0.25, 0.3) is 5.57 Å². The second kappa shape index (κ2) is 8.10. The second-order valence-corrected chi connectivity index (χ2v) is 7.34. The highest BCUT2D eigenvalue weighted by molar-refractivity contribution is 6.35. The molecule has 2 amide bonds. The van der Waals surface area contributed by atoms with Gasteiger partial charge < -0.3 is 14.5 Å². The number of hydrogen-bond acceptors (Lipinski definition) is 7. The summed E-state index contributed by atoms with van der Waals surface area (Å²) in [7, 11) is 3.09. The molecule has 0 radical (unpaired) electrons. The smallest absolute Gasteiger partial charge is 0.277 e. The van der Waals surface area contributed by atoms with Gasteiger partial charge in [0.25, 0.3) is 17.5 Å². The first-order valence-electron chi connectivity index (χ1n) is 9.86. The summed E-state index contributed by atoms with van der Waals surface area (Å²) in [6.45, 7) is 2.42. The fourth-order valence-electron chi connectivity index (χ4n) is 3.99. The maximum absolute atomic E-state index is 12.9. The number of carbonyl (C=O) groups is 2. The Morgan fingerprint density at radius 2 is 1.52 bits per heavy atom. The Bertz CT molecular complexity index is 1070. The van der Waals surface area contributed by atoms with E-state index < -0.39 is 10.8 Å². The number of hydrogen-bond donors (Lipinski definition) is 0. The van der Waals surface area contributed by atoms with E-state index in [9.17, 15) is 19.7 Å². The molecule has 2 aromatic rings. The summed E-state index contributed by atoms with van der Waals surface area (Å²) < 4.78 is 5.45. The third-order valence-corrected chi connectivity index (χ3v) is 5.65. The van der Waals surface area contributed by atoms with E-state index >= 15 is 0 Å². The van der Waals surface area contributed by atoms with Crippen molar-refractivity contribution in [3.8, 4) is 5.75 Å². The van der Waals surface area contributed by atoms with Crippen molar-refractivity contribution < 1.29 is 19.2 Å². The van der Waals surface area contributed by atoms with Crippen LogP contribution in [0.1, 0.15) is 5.56 Å². The number of piperazine rings is 1. The number of nitro benzene ring substituents is 1. The van der Waals surface area contributed by atoms with Gasteiger partial charge in [-0.15, -0.1) is 0 Å². The maximum Gasteiger partial charge on any atom is 0.277 e. The van der Waals surface area contributed by atoms with Crippen LogP contribution in [0, 0.1) is 10.1 Å². The Labute approximate surface area is 179 Å². The molecule has 0 spiro atoms. The van der Waals surface area contributed by atoms with Crippen molar-refractivity contribution in [2.24, 2.45) is 0 Å². The number of benzene rings is 2. The molecule has 0 aliphatic carbocycles. The van der Waals surface area contributed by atoms with Crippen molar-refractivity contribution in [1.29, 1.82) is 0 Å². The molecule has 2 aliphatic rings. The van der Waals surface area contributed by atoms with Gasteiger partial charge in [0.1, 0.15) is 11.4 Å². The summed E-state index contributed by atoms with van der Waals surface area (Å²) >= 11 is 0. The molecule has 9 nitrogen and oxygen atoms in total. The van der Waals surface area contributed by atoms with E-state index in [1.807, 2.05) is 29.2 Å². The summed E-state index contributed by atoms with van der Waals surface area (Å²) in [4.78, 5) is 41.4. The van der Waals surface area contributed by atoms with E-state index in [0.717, 1.165) is 16.3 Å². The van der Waals surface area contributed by atoms with Gasteiger partial charge in [0.05, 0.1) is 23.3 Å². The lowest BCUT2D eigenvalue weighted by atomic mass is 10.0. The average molecular weight is 422 g/mol. The highest BCUT2D eigenvalue weighted by Crippen LogP contribution is 2.34. The number of imide groups is 1. The molecule has 1 saturated heterocycles. The van der Waals surface area contributed by atoms with Crippen LogP contribution < -0.4 is 9.64 Å². The van der Waals surface area contributed by atoms with Crippen LogP contribution in [0.5, 0.6) is 5.75 Å². The number of nitrogens with zero attached hydrogens (tertiary/aromatic N) is 4. The monoisotopic (exact) mass is 422 g/mol. The molecule has 2 aliphatic heterocycles. The van der Waals surface area contributed by atoms with Crippen LogP contribution in [0.4, 0.5) is 11.4 Å². The third kappa shape index (κ3) is 3.58. The number of ether oxygens (including phenoxy) is 1. The fourth-order valence-corrected chi connectivity index (χ4v) is 3.99. The van der Waals surface area contributed by atoms with Gasteiger partial charge in [0, 0.05) is 45.4 Å². The van der Waals surface area contributed by atoms with E-state index in [4.69, 9.17) is 4.74 Å². The zero-order valence-electron chi connectivity index (χ0n) is 17.3. The number of carbonyl (C=O) groups excluding carboxylic acids is 2. The first-order chi connectivity index (χ1) is 14.9. The minimum atomic E-state index is -0.496. The maximum atomic E-state index is 12.9. The van der Waals surface area contributed by atoms with E-state index in [2.05, 4.69) is 4.90 Å². The SMILES string of the molecule is COc1ccccc1N1CCN(C2=C(c3ccc([N+](=O)[O-])cc3)C(=O)N(C)C2=O)CC1. The normalized spacial score (nSPS) is 16.9. The molecule has 0 atom stereocenters. The number of nitro groups is 1. The van der Waals surface area contributed by atoms with Crippen LogP contribution >= 0.6 is 0 Å². The molecular weight excluding hydrogens is 400 g/mol. The lowest BCUT2D eigenvalue weighted by molar-refractivity contribution is -0.384. The molecule has 2 heterocycles.